The molecule has 6 nitrogen and oxygen atoms in total. The van der Waals surface area contributed by atoms with E-state index < -0.39 is 21.8 Å². The summed E-state index contributed by atoms with van der Waals surface area (Å²) in [6.45, 7) is 2.52. The Morgan fingerprint density at radius 3 is 2.18 bits per heavy atom. The maximum Gasteiger partial charge on any atom is 0.416 e. The maximum absolute atomic E-state index is 12.9. The highest BCUT2D eigenvalue weighted by atomic mass is 32.2. The van der Waals surface area contributed by atoms with Gasteiger partial charge in [-0.05, 0) is 31.0 Å². The molecule has 2 heterocycles. The van der Waals surface area contributed by atoms with Crippen LogP contribution < -0.4 is 4.90 Å². The second-order valence-electron chi connectivity index (χ2n) is 7.30. The van der Waals surface area contributed by atoms with Crippen LogP contribution in [0.3, 0.4) is 0 Å². The maximum atomic E-state index is 12.9. The molecule has 2 fully saturated rings. The summed E-state index contributed by atoms with van der Waals surface area (Å²) in [7, 11) is -3.23. The molecule has 0 aliphatic carbocycles. The van der Waals surface area contributed by atoms with Crippen LogP contribution in [0.2, 0.25) is 0 Å². The molecular formula is C18H24F3N3O3S. The zero-order valence-electron chi connectivity index (χ0n) is 15.7. The second-order valence-corrected chi connectivity index (χ2v) is 9.28. The number of piperidine rings is 1. The number of hydrogen-bond acceptors (Lipinski definition) is 4. The molecule has 0 unspecified atom stereocenters. The highest BCUT2D eigenvalue weighted by Crippen LogP contribution is 2.32. The van der Waals surface area contributed by atoms with Crippen molar-refractivity contribution in [3.63, 3.8) is 0 Å². The zero-order chi connectivity index (χ0) is 20.5. The summed E-state index contributed by atoms with van der Waals surface area (Å²) in [6.07, 6.45) is -2.21. The number of carbonyl (C=O) groups excluding carboxylic acids is 1. The van der Waals surface area contributed by atoms with Crippen LogP contribution in [-0.4, -0.2) is 69.1 Å². The number of amides is 1. The van der Waals surface area contributed by atoms with Crippen molar-refractivity contribution in [3.8, 4) is 0 Å². The molecule has 0 spiro atoms. The van der Waals surface area contributed by atoms with E-state index >= 15 is 0 Å². The van der Waals surface area contributed by atoms with E-state index in [0.29, 0.717) is 57.8 Å². The highest BCUT2D eigenvalue weighted by Gasteiger charge is 2.34. The Bertz CT molecular complexity index is 813. The lowest BCUT2D eigenvalue weighted by Crippen LogP contribution is -2.52. The van der Waals surface area contributed by atoms with Crippen molar-refractivity contribution in [3.05, 3.63) is 29.8 Å². The number of sulfonamides is 1. The summed E-state index contributed by atoms with van der Waals surface area (Å²) in [5.74, 6) is -0.185. The van der Waals surface area contributed by atoms with Crippen LogP contribution >= 0.6 is 0 Å². The van der Waals surface area contributed by atoms with Gasteiger partial charge >= 0.3 is 6.18 Å². The molecule has 1 aromatic carbocycles. The number of anilines is 1. The molecule has 0 N–H and O–H groups in total. The molecule has 0 bridgehead atoms. The van der Waals surface area contributed by atoms with E-state index in [1.54, 1.807) is 11.0 Å². The van der Waals surface area contributed by atoms with E-state index in [-0.39, 0.29) is 11.8 Å². The molecule has 1 aromatic rings. The van der Waals surface area contributed by atoms with Gasteiger partial charge in [-0.15, -0.1) is 0 Å². The summed E-state index contributed by atoms with van der Waals surface area (Å²) in [5.41, 5.74) is -0.176. The van der Waals surface area contributed by atoms with Gasteiger partial charge < -0.3 is 9.80 Å². The Balaban J connectivity index is 1.55. The number of benzene rings is 1. The Morgan fingerprint density at radius 1 is 1.04 bits per heavy atom. The third-order valence-corrected chi connectivity index (χ3v) is 6.71. The highest BCUT2D eigenvalue weighted by molar-refractivity contribution is 7.88. The first-order valence-corrected chi connectivity index (χ1v) is 11.1. The van der Waals surface area contributed by atoms with Gasteiger partial charge in [-0.1, -0.05) is 6.07 Å². The zero-order valence-corrected chi connectivity index (χ0v) is 16.5. The van der Waals surface area contributed by atoms with Gasteiger partial charge in [0.2, 0.25) is 15.9 Å². The van der Waals surface area contributed by atoms with E-state index in [9.17, 15) is 26.4 Å². The fourth-order valence-corrected chi connectivity index (χ4v) is 4.63. The molecule has 0 aromatic heterocycles. The van der Waals surface area contributed by atoms with Gasteiger partial charge in [0.1, 0.15) is 0 Å². The van der Waals surface area contributed by atoms with Crippen LogP contribution in [0.15, 0.2) is 24.3 Å². The van der Waals surface area contributed by atoms with Crippen LogP contribution in [-0.2, 0) is 21.0 Å². The fourth-order valence-electron chi connectivity index (χ4n) is 3.76. The van der Waals surface area contributed by atoms with Crippen LogP contribution in [0.25, 0.3) is 0 Å². The number of carbonyl (C=O) groups is 1. The fraction of sp³-hybridized carbons (Fsp3) is 0.611. The molecule has 10 heteroatoms. The molecule has 3 rings (SSSR count). The Labute approximate surface area is 162 Å². The Kier molecular flexibility index (Phi) is 5.90. The summed E-state index contributed by atoms with van der Waals surface area (Å²) < 4.78 is 63.2. The van der Waals surface area contributed by atoms with Crippen molar-refractivity contribution < 1.29 is 26.4 Å². The average molecular weight is 419 g/mol. The molecule has 2 saturated heterocycles. The number of hydrogen-bond donors (Lipinski definition) is 0. The van der Waals surface area contributed by atoms with Crippen LogP contribution in [0, 0.1) is 5.92 Å². The minimum Gasteiger partial charge on any atom is -0.368 e. The van der Waals surface area contributed by atoms with Gasteiger partial charge in [-0.25, -0.2) is 12.7 Å². The van der Waals surface area contributed by atoms with Crippen LogP contribution in [0.5, 0.6) is 0 Å². The molecule has 2 aliphatic rings. The molecule has 0 saturated carbocycles. The van der Waals surface area contributed by atoms with Gasteiger partial charge in [-0.2, -0.15) is 13.2 Å². The van der Waals surface area contributed by atoms with Crippen molar-refractivity contribution in [2.24, 2.45) is 5.92 Å². The van der Waals surface area contributed by atoms with Crippen molar-refractivity contribution in [1.29, 1.82) is 0 Å². The van der Waals surface area contributed by atoms with Crippen molar-refractivity contribution in [2.45, 2.75) is 19.0 Å². The summed E-state index contributed by atoms with van der Waals surface area (Å²) >= 11 is 0. The summed E-state index contributed by atoms with van der Waals surface area (Å²) in [4.78, 5) is 16.3. The van der Waals surface area contributed by atoms with Gasteiger partial charge in [0.25, 0.3) is 0 Å². The predicted molar refractivity (Wildman–Crippen MR) is 99.4 cm³/mol. The molecule has 28 heavy (non-hydrogen) atoms. The Hall–Kier alpha value is -1.81. The topological polar surface area (TPSA) is 60.9 Å². The third-order valence-electron chi connectivity index (χ3n) is 5.40. The summed E-state index contributed by atoms with van der Waals surface area (Å²) in [5, 5.41) is 0. The van der Waals surface area contributed by atoms with E-state index in [0.717, 1.165) is 12.1 Å². The van der Waals surface area contributed by atoms with Crippen LogP contribution in [0.4, 0.5) is 18.9 Å². The van der Waals surface area contributed by atoms with Gasteiger partial charge in [0, 0.05) is 50.9 Å². The van der Waals surface area contributed by atoms with Gasteiger partial charge in [-0.3, -0.25) is 4.79 Å². The molecular weight excluding hydrogens is 395 g/mol. The smallest absolute Gasteiger partial charge is 0.368 e. The molecule has 2 aliphatic heterocycles. The SMILES string of the molecule is CS(=O)(=O)N1CCC(C(=O)N2CCN(c3cccc(C(F)(F)F)c3)CC2)CC1. The van der Waals surface area contributed by atoms with Crippen molar-refractivity contribution in [2.75, 3.05) is 50.4 Å². The quantitative estimate of drug-likeness (QED) is 0.752. The van der Waals surface area contributed by atoms with Crippen LogP contribution in [0.1, 0.15) is 18.4 Å². The third kappa shape index (κ3) is 4.78. The molecule has 156 valence electrons. The lowest BCUT2D eigenvalue weighted by molar-refractivity contribution is -0.137. The monoisotopic (exact) mass is 419 g/mol. The number of alkyl halides is 3. The lowest BCUT2D eigenvalue weighted by Gasteiger charge is -2.39. The summed E-state index contributed by atoms with van der Waals surface area (Å²) in [6, 6.07) is 5.23. The lowest BCUT2D eigenvalue weighted by atomic mass is 9.96. The number of piperazine rings is 1. The first-order chi connectivity index (χ1) is 13.1. The molecule has 1 amide bonds. The first kappa shape index (κ1) is 20.9. The Morgan fingerprint density at radius 2 is 1.64 bits per heavy atom. The first-order valence-electron chi connectivity index (χ1n) is 9.22. The van der Waals surface area contributed by atoms with E-state index in [4.69, 9.17) is 0 Å². The van der Waals surface area contributed by atoms with Gasteiger partial charge in [0.15, 0.2) is 0 Å². The number of nitrogens with zero attached hydrogens (tertiary/aromatic N) is 3. The van der Waals surface area contributed by atoms with Crippen molar-refractivity contribution in [1.82, 2.24) is 9.21 Å². The minimum atomic E-state index is -4.38. The minimum absolute atomic E-state index is 0.0110. The van der Waals surface area contributed by atoms with E-state index in [1.807, 2.05) is 4.90 Å². The second kappa shape index (κ2) is 7.90. The normalized spacial score (nSPS) is 20.4. The predicted octanol–water partition coefficient (Wildman–Crippen LogP) is 2.03. The largest absolute Gasteiger partial charge is 0.416 e. The van der Waals surface area contributed by atoms with E-state index in [1.165, 1.54) is 16.6 Å². The van der Waals surface area contributed by atoms with Crippen molar-refractivity contribution >= 4 is 21.6 Å². The number of halogens is 3. The molecule has 0 atom stereocenters. The van der Waals surface area contributed by atoms with E-state index in [2.05, 4.69) is 0 Å². The average Bonchev–Trinajstić information content (AvgIpc) is 2.66. The number of rotatable bonds is 3. The van der Waals surface area contributed by atoms with Gasteiger partial charge in [0.05, 0.1) is 11.8 Å². The standard InChI is InChI=1S/C18H24F3N3O3S/c1-28(26,27)24-7-5-14(6-8-24)17(25)23-11-9-22(10-12-23)16-4-2-3-15(13-16)18(19,20)21/h2-4,13-14H,5-12H2,1H3. The molecule has 0 radical (unpaired) electrons.